The van der Waals surface area contributed by atoms with E-state index in [0.29, 0.717) is 21.1 Å². The molecule has 0 aliphatic carbocycles. The summed E-state index contributed by atoms with van der Waals surface area (Å²) < 4.78 is 12.2. The molecule has 0 amide bonds. The summed E-state index contributed by atoms with van der Waals surface area (Å²) in [6.07, 6.45) is 0. The molecule has 0 fully saturated rings. The normalized spacial score (nSPS) is 11.0. The second-order valence-electron chi connectivity index (χ2n) is 8.09. The molecule has 6 nitrogen and oxygen atoms in total. The van der Waals surface area contributed by atoms with Gasteiger partial charge in [0.2, 0.25) is 5.78 Å². The van der Waals surface area contributed by atoms with Gasteiger partial charge in [0.25, 0.3) is 0 Å². The van der Waals surface area contributed by atoms with Gasteiger partial charge in [0.15, 0.2) is 0 Å². The number of ketones is 1. The van der Waals surface area contributed by atoms with Gasteiger partial charge in [-0.05, 0) is 44.6 Å². The lowest BCUT2D eigenvalue weighted by molar-refractivity contribution is 0.0556. The topological polar surface area (TPSA) is 74.1 Å². The van der Waals surface area contributed by atoms with Crippen LogP contribution in [0.5, 0.6) is 0 Å². The predicted molar refractivity (Wildman–Crippen MR) is 141 cm³/mol. The summed E-state index contributed by atoms with van der Waals surface area (Å²) in [6, 6.07) is 26.2. The van der Waals surface area contributed by atoms with Gasteiger partial charge in [-0.3, -0.25) is 4.79 Å². The molecule has 5 aromatic rings. The SMILES string of the molecule is COC(=O)c1c(C(=O)OC)c2c(Br)cc3ccccc3n2c1C(=O)c1ccc(-c2ccccc2)cc1. The fourth-order valence-electron chi connectivity index (χ4n) is 4.46. The number of carbonyl (C=O) groups excluding carboxylic acids is 3. The van der Waals surface area contributed by atoms with E-state index in [1.807, 2.05) is 72.8 Å². The molecular weight excluding hydrogens is 522 g/mol. The third-order valence-corrected chi connectivity index (χ3v) is 6.71. The number of fused-ring (bicyclic) bond motifs is 3. The monoisotopic (exact) mass is 541 g/mol. The molecule has 0 bridgehead atoms. The third-order valence-electron chi connectivity index (χ3n) is 6.11. The molecule has 2 heterocycles. The maximum Gasteiger partial charge on any atom is 0.341 e. The Morgan fingerprint density at radius 1 is 0.722 bits per heavy atom. The zero-order valence-corrected chi connectivity index (χ0v) is 21.0. The van der Waals surface area contributed by atoms with Crippen molar-refractivity contribution >= 4 is 50.1 Å². The molecule has 7 heteroatoms. The van der Waals surface area contributed by atoms with Crippen molar-refractivity contribution < 1.29 is 23.9 Å². The average molecular weight is 542 g/mol. The van der Waals surface area contributed by atoms with Gasteiger partial charge in [-0.1, -0.05) is 72.8 Å². The van der Waals surface area contributed by atoms with Gasteiger partial charge < -0.3 is 13.9 Å². The van der Waals surface area contributed by atoms with Crippen molar-refractivity contribution in [2.24, 2.45) is 0 Å². The Kier molecular flexibility index (Phi) is 6.16. The van der Waals surface area contributed by atoms with Crippen LogP contribution in [-0.2, 0) is 9.47 Å². The number of carbonyl (C=O) groups is 3. The fourth-order valence-corrected chi connectivity index (χ4v) is 5.08. The first-order valence-corrected chi connectivity index (χ1v) is 11.9. The van der Waals surface area contributed by atoms with Gasteiger partial charge in [0.05, 0.1) is 25.3 Å². The Hall–Kier alpha value is -4.23. The van der Waals surface area contributed by atoms with E-state index in [2.05, 4.69) is 15.9 Å². The van der Waals surface area contributed by atoms with Crippen LogP contribution >= 0.6 is 15.9 Å². The van der Waals surface area contributed by atoms with E-state index in [9.17, 15) is 14.4 Å². The summed E-state index contributed by atoms with van der Waals surface area (Å²) in [5.41, 5.74) is 3.18. The van der Waals surface area contributed by atoms with Gasteiger partial charge in [-0.2, -0.15) is 0 Å². The van der Waals surface area contributed by atoms with Gasteiger partial charge in [0.1, 0.15) is 16.8 Å². The highest BCUT2D eigenvalue weighted by Crippen LogP contribution is 2.36. The minimum absolute atomic E-state index is 0.0298. The van der Waals surface area contributed by atoms with Crippen molar-refractivity contribution in [3.63, 3.8) is 0 Å². The van der Waals surface area contributed by atoms with E-state index in [1.165, 1.54) is 14.2 Å². The summed E-state index contributed by atoms with van der Waals surface area (Å²) in [4.78, 5) is 40.0. The summed E-state index contributed by atoms with van der Waals surface area (Å²) in [7, 11) is 2.44. The Labute approximate surface area is 215 Å². The molecule has 0 unspecified atom stereocenters. The quantitative estimate of drug-likeness (QED) is 0.192. The Bertz CT molecular complexity index is 1650. The highest BCUT2D eigenvalue weighted by Gasteiger charge is 2.34. The molecule has 178 valence electrons. The van der Waals surface area contributed by atoms with Gasteiger partial charge in [-0.25, -0.2) is 9.59 Å². The van der Waals surface area contributed by atoms with Crippen LogP contribution in [0.4, 0.5) is 0 Å². The third kappa shape index (κ3) is 3.78. The number of para-hydroxylation sites is 1. The number of rotatable bonds is 5. The molecule has 0 saturated heterocycles. The summed E-state index contributed by atoms with van der Waals surface area (Å²) in [5.74, 6) is -1.98. The number of aromatic nitrogens is 1. The van der Waals surface area contributed by atoms with Crippen LogP contribution in [0, 0.1) is 0 Å². The zero-order valence-electron chi connectivity index (χ0n) is 19.4. The number of pyridine rings is 1. The minimum atomic E-state index is -0.806. The zero-order chi connectivity index (χ0) is 25.4. The Balaban J connectivity index is 1.82. The van der Waals surface area contributed by atoms with Crippen molar-refractivity contribution in [1.82, 2.24) is 4.40 Å². The second-order valence-corrected chi connectivity index (χ2v) is 8.94. The van der Waals surface area contributed by atoms with Crippen molar-refractivity contribution in [3.8, 4) is 11.1 Å². The number of esters is 2. The van der Waals surface area contributed by atoms with Crippen molar-refractivity contribution in [2.45, 2.75) is 0 Å². The van der Waals surface area contributed by atoms with Crippen LogP contribution in [0.15, 0.2) is 89.4 Å². The maximum absolute atomic E-state index is 14.0. The molecular formula is C29H20BrNO5. The lowest BCUT2D eigenvalue weighted by atomic mass is 9.99. The predicted octanol–water partition coefficient (Wildman–Crippen LogP) is 6.33. The number of ether oxygens (including phenoxy) is 2. The first-order valence-electron chi connectivity index (χ1n) is 11.1. The summed E-state index contributed by atoms with van der Waals surface area (Å²) in [6.45, 7) is 0. The minimum Gasteiger partial charge on any atom is -0.465 e. The van der Waals surface area contributed by atoms with E-state index < -0.39 is 17.7 Å². The molecule has 36 heavy (non-hydrogen) atoms. The van der Waals surface area contributed by atoms with Crippen LogP contribution in [-0.4, -0.2) is 36.3 Å². The molecule has 0 saturated carbocycles. The lowest BCUT2D eigenvalue weighted by Crippen LogP contribution is -2.15. The lowest BCUT2D eigenvalue weighted by Gasteiger charge is -2.10. The molecule has 0 aliphatic heterocycles. The molecule has 0 N–H and O–H groups in total. The average Bonchev–Trinajstić information content (AvgIpc) is 3.29. The summed E-state index contributed by atoms with van der Waals surface area (Å²) >= 11 is 3.53. The van der Waals surface area contributed by atoms with E-state index in [0.717, 1.165) is 16.5 Å². The maximum atomic E-state index is 14.0. The Morgan fingerprint density at radius 3 is 1.97 bits per heavy atom. The first-order chi connectivity index (χ1) is 17.5. The molecule has 0 aliphatic rings. The number of methoxy groups -OCH3 is 2. The molecule has 5 rings (SSSR count). The largest absolute Gasteiger partial charge is 0.465 e. The van der Waals surface area contributed by atoms with Crippen LogP contribution in [0.2, 0.25) is 0 Å². The molecule has 0 radical (unpaired) electrons. The van der Waals surface area contributed by atoms with E-state index in [4.69, 9.17) is 9.47 Å². The van der Waals surface area contributed by atoms with Crippen LogP contribution < -0.4 is 0 Å². The first kappa shape index (κ1) is 23.5. The Morgan fingerprint density at radius 2 is 1.31 bits per heavy atom. The highest BCUT2D eigenvalue weighted by molar-refractivity contribution is 9.10. The fraction of sp³-hybridized carbons (Fsp3) is 0.0690. The van der Waals surface area contributed by atoms with Gasteiger partial charge >= 0.3 is 11.9 Å². The van der Waals surface area contributed by atoms with Crippen LogP contribution in [0.25, 0.3) is 27.5 Å². The molecule has 0 atom stereocenters. The number of benzene rings is 3. The standard InChI is InChI=1S/C29H20BrNO5/c1-35-28(33)23-24(29(34)36-2)26(31-22-11-7-6-10-20(22)16-21(30)25(23)31)27(32)19-14-12-18(13-15-19)17-8-4-3-5-9-17/h3-16H,1-2H3. The van der Waals surface area contributed by atoms with Crippen molar-refractivity contribution in [3.05, 3.63) is 112 Å². The molecule has 3 aromatic carbocycles. The van der Waals surface area contributed by atoms with Crippen molar-refractivity contribution in [1.29, 1.82) is 0 Å². The van der Waals surface area contributed by atoms with E-state index in [1.54, 1.807) is 16.5 Å². The highest BCUT2D eigenvalue weighted by atomic mass is 79.9. The number of nitrogens with zero attached hydrogens (tertiary/aromatic N) is 1. The van der Waals surface area contributed by atoms with Gasteiger partial charge in [0, 0.05) is 10.0 Å². The molecule has 2 aromatic heterocycles. The van der Waals surface area contributed by atoms with Gasteiger partial charge in [-0.15, -0.1) is 0 Å². The smallest absolute Gasteiger partial charge is 0.341 e. The second kappa shape index (κ2) is 9.43. The van der Waals surface area contributed by atoms with Crippen molar-refractivity contribution in [2.75, 3.05) is 14.2 Å². The van der Waals surface area contributed by atoms with Crippen LogP contribution in [0.1, 0.15) is 36.8 Å². The molecule has 0 spiro atoms. The summed E-state index contributed by atoms with van der Waals surface area (Å²) in [5, 5.41) is 0.813. The number of halogens is 1. The van der Waals surface area contributed by atoms with E-state index in [-0.39, 0.29) is 16.8 Å². The van der Waals surface area contributed by atoms with E-state index >= 15 is 0 Å². The van der Waals surface area contributed by atoms with Crippen LogP contribution in [0.3, 0.4) is 0 Å². The number of hydrogen-bond donors (Lipinski definition) is 0. The number of hydrogen-bond acceptors (Lipinski definition) is 5.